The number of nitrogens with one attached hydrogen (secondary N) is 1. The van der Waals surface area contributed by atoms with Crippen LogP contribution in [0.5, 0.6) is 5.75 Å². The minimum absolute atomic E-state index is 0.117. The van der Waals surface area contributed by atoms with Crippen LogP contribution in [0.4, 0.5) is 0 Å². The number of nitrogens with zero attached hydrogens (tertiary/aromatic N) is 2. The van der Waals surface area contributed by atoms with Crippen molar-refractivity contribution < 1.29 is 9.84 Å². The number of likely N-dealkylation sites (N-methyl/N-ethyl adjacent to an activating group) is 1. The first-order chi connectivity index (χ1) is 9.30. The van der Waals surface area contributed by atoms with Crippen LogP contribution in [-0.4, -0.2) is 41.5 Å². The minimum atomic E-state index is 0.117. The number of aromatic nitrogens is 2. The van der Waals surface area contributed by atoms with Gasteiger partial charge in [-0.05, 0) is 18.7 Å². The van der Waals surface area contributed by atoms with Gasteiger partial charge in [0, 0.05) is 25.6 Å². The Bertz CT molecular complexity index is 537. The number of benzene rings is 1. The van der Waals surface area contributed by atoms with E-state index >= 15 is 0 Å². The third kappa shape index (κ3) is 3.05. The molecule has 0 radical (unpaired) electrons. The van der Waals surface area contributed by atoms with E-state index in [4.69, 9.17) is 4.74 Å². The van der Waals surface area contributed by atoms with Crippen LogP contribution in [0.15, 0.2) is 18.2 Å². The van der Waals surface area contributed by atoms with Gasteiger partial charge in [-0.15, -0.1) is 0 Å². The largest absolute Gasteiger partial charge is 0.497 e. The topological polar surface area (TPSA) is 59.3 Å². The van der Waals surface area contributed by atoms with Crippen molar-refractivity contribution in [2.45, 2.75) is 19.9 Å². The highest BCUT2D eigenvalue weighted by Crippen LogP contribution is 2.22. The van der Waals surface area contributed by atoms with E-state index in [2.05, 4.69) is 21.8 Å². The zero-order valence-electron chi connectivity index (χ0n) is 11.5. The molecule has 0 spiro atoms. The molecule has 0 aliphatic carbocycles. The molecule has 5 heteroatoms. The van der Waals surface area contributed by atoms with Gasteiger partial charge >= 0.3 is 0 Å². The first-order valence-corrected chi connectivity index (χ1v) is 6.65. The number of imidazole rings is 1. The van der Waals surface area contributed by atoms with Gasteiger partial charge in [-0.2, -0.15) is 0 Å². The van der Waals surface area contributed by atoms with E-state index < -0.39 is 0 Å². The van der Waals surface area contributed by atoms with Crippen LogP contribution < -0.4 is 10.1 Å². The molecule has 0 amide bonds. The van der Waals surface area contributed by atoms with Gasteiger partial charge in [0.15, 0.2) is 0 Å². The normalized spacial score (nSPS) is 11.1. The second-order valence-corrected chi connectivity index (χ2v) is 4.36. The molecule has 2 N–H and O–H groups in total. The molecular weight excluding hydrogens is 242 g/mol. The number of rotatable bonds is 7. The van der Waals surface area contributed by atoms with Crippen molar-refractivity contribution in [1.29, 1.82) is 0 Å². The van der Waals surface area contributed by atoms with E-state index in [0.29, 0.717) is 6.54 Å². The molecule has 0 aliphatic rings. The fourth-order valence-electron chi connectivity index (χ4n) is 2.20. The van der Waals surface area contributed by atoms with Crippen LogP contribution in [0.1, 0.15) is 12.7 Å². The SMILES string of the molecule is CCNCCc1nc2cc(OC)ccc2n1CCO. The summed E-state index contributed by atoms with van der Waals surface area (Å²) in [6, 6.07) is 5.85. The predicted molar refractivity (Wildman–Crippen MR) is 75.6 cm³/mol. The molecule has 2 aromatic rings. The molecule has 0 saturated carbocycles. The molecule has 0 saturated heterocycles. The van der Waals surface area contributed by atoms with E-state index in [0.717, 1.165) is 42.1 Å². The molecule has 0 aliphatic heterocycles. The monoisotopic (exact) mass is 263 g/mol. The Morgan fingerprint density at radius 3 is 2.95 bits per heavy atom. The lowest BCUT2D eigenvalue weighted by Gasteiger charge is -2.07. The molecule has 0 unspecified atom stereocenters. The van der Waals surface area contributed by atoms with Crippen molar-refractivity contribution in [3.05, 3.63) is 24.0 Å². The summed E-state index contributed by atoms with van der Waals surface area (Å²) in [6.45, 7) is 4.62. The first-order valence-electron chi connectivity index (χ1n) is 6.65. The Morgan fingerprint density at radius 2 is 2.26 bits per heavy atom. The zero-order valence-corrected chi connectivity index (χ0v) is 11.5. The maximum atomic E-state index is 9.21. The molecule has 2 rings (SSSR count). The molecule has 1 aromatic carbocycles. The van der Waals surface area contributed by atoms with Gasteiger partial charge in [0.25, 0.3) is 0 Å². The summed E-state index contributed by atoms with van der Waals surface area (Å²) in [5.74, 6) is 1.80. The van der Waals surface area contributed by atoms with Crippen molar-refractivity contribution in [3.8, 4) is 5.75 Å². The molecule has 0 atom stereocenters. The average molecular weight is 263 g/mol. The van der Waals surface area contributed by atoms with Crippen LogP contribution >= 0.6 is 0 Å². The van der Waals surface area contributed by atoms with E-state index in [9.17, 15) is 5.11 Å². The number of ether oxygens (including phenoxy) is 1. The summed E-state index contributed by atoms with van der Waals surface area (Å²) < 4.78 is 7.29. The Morgan fingerprint density at radius 1 is 1.42 bits per heavy atom. The first kappa shape index (κ1) is 13.8. The van der Waals surface area contributed by atoms with Crippen LogP contribution in [0.25, 0.3) is 11.0 Å². The fourth-order valence-corrected chi connectivity index (χ4v) is 2.20. The van der Waals surface area contributed by atoms with Gasteiger partial charge in [0.05, 0.1) is 24.8 Å². The van der Waals surface area contributed by atoms with Crippen LogP contribution in [-0.2, 0) is 13.0 Å². The molecule has 0 bridgehead atoms. The van der Waals surface area contributed by atoms with Gasteiger partial charge in [-0.25, -0.2) is 4.98 Å². The number of aliphatic hydroxyl groups is 1. The van der Waals surface area contributed by atoms with Crippen LogP contribution in [0, 0.1) is 0 Å². The highest BCUT2D eigenvalue weighted by atomic mass is 16.5. The molecule has 1 heterocycles. The Hall–Kier alpha value is -1.59. The third-order valence-electron chi connectivity index (χ3n) is 3.13. The average Bonchev–Trinajstić information content (AvgIpc) is 2.77. The number of hydrogen-bond donors (Lipinski definition) is 2. The molecule has 5 nitrogen and oxygen atoms in total. The highest BCUT2D eigenvalue weighted by molar-refractivity contribution is 5.77. The maximum absolute atomic E-state index is 9.21. The summed E-state index contributed by atoms with van der Waals surface area (Å²) in [5, 5.41) is 12.5. The summed E-state index contributed by atoms with van der Waals surface area (Å²) in [5.41, 5.74) is 1.96. The maximum Gasteiger partial charge on any atom is 0.121 e. The molecule has 0 fully saturated rings. The summed E-state index contributed by atoms with van der Waals surface area (Å²) >= 11 is 0. The quantitative estimate of drug-likeness (QED) is 0.737. The van der Waals surface area contributed by atoms with Gasteiger partial charge in [0.2, 0.25) is 0 Å². The summed E-state index contributed by atoms with van der Waals surface area (Å²) in [6.07, 6.45) is 0.852. The van der Waals surface area contributed by atoms with Gasteiger partial charge in [-0.3, -0.25) is 0 Å². The second-order valence-electron chi connectivity index (χ2n) is 4.36. The highest BCUT2D eigenvalue weighted by Gasteiger charge is 2.10. The lowest BCUT2D eigenvalue weighted by molar-refractivity contribution is 0.276. The summed E-state index contributed by atoms with van der Waals surface area (Å²) in [4.78, 5) is 4.64. The van der Waals surface area contributed by atoms with Crippen molar-refractivity contribution in [3.63, 3.8) is 0 Å². The van der Waals surface area contributed by atoms with E-state index in [1.54, 1.807) is 7.11 Å². The molecule has 1 aromatic heterocycles. The minimum Gasteiger partial charge on any atom is -0.497 e. The van der Waals surface area contributed by atoms with Gasteiger partial charge < -0.3 is 19.7 Å². The van der Waals surface area contributed by atoms with Crippen molar-refractivity contribution in [2.75, 3.05) is 26.8 Å². The zero-order chi connectivity index (χ0) is 13.7. The van der Waals surface area contributed by atoms with Crippen molar-refractivity contribution in [1.82, 2.24) is 14.9 Å². The molecular formula is C14H21N3O2. The third-order valence-corrected chi connectivity index (χ3v) is 3.13. The predicted octanol–water partition coefficient (Wildman–Crippen LogP) is 1.19. The van der Waals surface area contributed by atoms with Crippen LogP contribution in [0.2, 0.25) is 0 Å². The lowest BCUT2D eigenvalue weighted by atomic mass is 10.3. The second kappa shape index (κ2) is 6.54. The molecule has 19 heavy (non-hydrogen) atoms. The lowest BCUT2D eigenvalue weighted by Crippen LogP contribution is -2.18. The van der Waals surface area contributed by atoms with Crippen molar-refractivity contribution >= 4 is 11.0 Å². The fraction of sp³-hybridized carbons (Fsp3) is 0.500. The number of methoxy groups -OCH3 is 1. The number of hydrogen-bond acceptors (Lipinski definition) is 4. The Balaban J connectivity index is 2.34. The summed E-state index contributed by atoms with van der Waals surface area (Å²) in [7, 11) is 1.65. The van der Waals surface area contributed by atoms with Gasteiger partial charge in [0.1, 0.15) is 11.6 Å². The van der Waals surface area contributed by atoms with Crippen LogP contribution in [0.3, 0.4) is 0 Å². The number of aliphatic hydroxyl groups excluding tert-OH is 1. The number of fused-ring (bicyclic) bond motifs is 1. The van der Waals surface area contributed by atoms with E-state index in [-0.39, 0.29) is 6.61 Å². The Kier molecular flexibility index (Phi) is 4.76. The van der Waals surface area contributed by atoms with E-state index in [1.807, 2.05) is 18.2 Å². The van der Waals surface area contributed by atoms with E-state index in [1.165, 1.54) is 0 Å². The Labute approximate surface area is 113 Å². The standard InChI is InChI=1S/C14H21N3O2/c1-3-15-7-6-14-16-12-10-11(19-2)4-5-13(12)17(14)8-9-18/h4-5,10,15,18H,3,6-9H2,1-2H3. The molecule has 104 valence electrons. The van der Waals surface area contributed by atoms with Gasteiger partial charge in [-0.1, -0.05) is 6.92 Å². The smallest absolute Gasteiger partial charge is 0.121 e. The van der Waals surface area contributed by atoms with Crippen molar-refractivity contribution in [2.24, 2.45) is 0 Å².